The van der Waals surface area contributed by atoms with Crippen molar-refractivity contribution in [3.05, 3.63) is 71.0 Å². The lowest BCUT2D eigenvalue weighted by atomic mass is 10.2. The van der Waals surface area contributed by atoms with Crippen LogP contribution in [0.4, 0.5) is 21.6 Å². The predicted molar refractivity (Wildman–Crippen MR) is 128 cm³/mol. The maximum Gasteiger partial charge on any atom is 0.234 e. The van der Waals surface area contributed by atoms with Crippen LogP contribution in [0.5, 0.6) is 0 Å². The van der Waals surface area contributed by atoms with E-state index in [4.69, 9.17) is 11.6 Å². The number of anilines is 3. The van der Waals surface area contributed by atoms with Gasteiger partial charge in [0.15, 0.2) is 5.82 Å². The number of benzene rings is 2. The molecular weight excluding hydrogens is 449 g/mol. The maximum atomic E-state index is 13.1. The van der Waals surface area contributed by atoms with Crippen LogP contribution in [0.2, 0.25) is 5.02 Å². The van der Waals surface area contributed by atoms with Gasteiger partial charge >= 0.3 is 0 Å². The zero-order valence-electron chi connectivity index (χ0n) is 17.6. The monoisotopic (exact) mass is 471 g/mol. The first kappa shape index (κ1) is 22.4. The second kappa shape index (κ2) is 10.2. The van der Waals surface area contributed by atoms with E-state index >= 15 is 0 Å². The highest BCUT2D eigenvalue weighted by Gasteiger charge is 2.19. The quantitative estimate of drug-likeness (QED) is 0.529. The number of nitrogens with zero attached hydrogens (tertiary/aromatic N) is 4. The smallest absolute Gasteiger partial charge is 0.234 e. The zero-order chi connectivity index (χ0) is 22.5. The third kappa shape index (κ3) is 5.49. The Hall–Kier alpha value is -2.84. The molecular formula is C23H23ClFN5OS. The summed E-state index contributed by atoms with van der Waals surface area (Å²) in [7, 11) is 0. The van der Waals surface area contributed by atoms with Crippen LogP contribution in [0, 0.1) is 12.7 Å². The highest BCUT2D eigenvalue weighted by atomic mass is 35.5. The maximum absolute atomic E-state index is 13.1. The van der Waals surface area contributed by atoms with Crippen molar-refractivity contribution in [2.45, 2.75) is 11.9 Å². The summed E-state index contributed by atoms with van der Waals surface area (Å²) in [6, 6.07) is 15.8. The number of thioether (sulfide) groups is 1. The molecule has 0 spiro atoms. The number of rotatable bonds is 6. The molecule has 1 aliphatic heterocycles. The topological polar surface area (TPSA) is 61.4 Å². The largest absolute Gasteiger partial charge is 0.368 e. The van der Waals surface area contributed by atoms with Crippen molar-refractivity contribution in [1.82, 2.24) is 10.2 Å². The SMILES string of the molecule is Cc1c(Cl)cccc1NC(=O)CSc1ccc(N2CCN(c3ccc(F)cc3)CC2)nn1. The normalized spacial score (nSPS) is 13.8. The van der Waals surface area contributed by atoms with Gasteiger partial charge < -0.3 is 15.1 Å². The molecule has 0 bridgehead atoms. The standard InChI is InChI=1S/C23H23ClFN5OS/c1-16-19(24)3-2-4-20(16)26-22(31)15-32-23-10-9-21(27-28-23)30-13-11-29(12-14-30)18-7-5-17(25)6-8-18/h2-10H,11-15H2,1H3,(H,26,31). The number of hydrogen-bond acceptors (Lipinski definition) is 6. The van der Waals surface area contributed by atoms with E-state index in [1.54, 1.807) is 18.2 Å². The number of nitrogens with one attached hydrogen (secondary N) is 1. The van der Waals surface area contributed by atoms with Gasteiger partial charge in [-0.2, -0.15) is 0 Å². The number of carbonyl (C=O) groups excluding carboxylic acids is 1. The number of carbonyl (C=O) groups is 1. The zero-order valence-corrected chi connectivity index (χ0v) is 19.2. The lowest BCUT2D eigenvalue weighted by Crippen LogP contribution is -2.46. The van der Waals surface area contributed by atoms with Crippen molar-refractivity contribution in [2.24, 2.45) is 0 Å². The Morgan fingerprint density at radius 2 is 1.75 bits per heavy atom. The molecule has 1 aliphatic rings. The molecule has 0 radical (unpaired) electrons. The number of hydrogen-bond donors (Lipinski definition) is 1. The second-order valence-corrected chi connectivity index (χ2v) is 8.83. The van der Waals surface area contributed by atoms with Crippen molar-refractivity contribution in [1.29, 1.82) is 0 Å². The highest BCUT2D eigenvalue weighted by Crippen LogP contribution is 2.24. The summed E-state index contributed by atoms with van der Waals surface area (Å²) in [5.41, 5.74) is 2.58. The van der Waals surface area contributed by atoms with E-state index in [1.807, 2.05) is 31.2 Å². The Morgan fingerprint density at radius 3 is 2.44 bits per heavy atom. The fourth-order valence-corrected chi connectivity index (χ4v) is 4.26. The molecule has 2 aromatic carbocycles. The highest BCUT2D eigenvalue weighted by molar-refractivity contribution is 7.99. The summed E-state index contributed by atoms with van der Waals surface area (Å²) < 4.78 is 13.1. The van der Waals surface area contributed by atoms with Crippen molar-refractivity contribution >= 4 is 46.5 Å². The van der Waals surface area contributed by atoms with Crippen molar-refractivity contribution in [2.75, 3.05) is 47.0 Å². The Balaban J connectivity index is 1.26. The van der Waals surface area contributed by atoms with Crippen LogP contribution >= 0.6 is 23.4 Å². The molecule has 1 amide bonds. The van der Waals surface area contributed by atoms with E-state index in [9.17, 15) is 9.18 Å². The van der Waals surface area contributed by atoms with Gasteiger partial charge in [0.25, 0.3) is 0 Å². The molecule has 4 rings (SSSR count). The third-order valence-electron chi connectivity index (χ3n) is 5.31. The fraction of sp³-hybridized carbons (Fsp3) is 0.261. The Labute approximate surface area is 195 Å². The van der Waals surface area contributed by atoms with Gasteiger partial charge in [-0.05, 0) is 61.0 Å². The minimum atomic E-state index is -0.224. The third-order valence-corrected chi connectivity index (χ3v) is 6.64. The molecule has 9 heteroatoms. The first-order valence-electron chi connectivity index (χ1n) is 10.3. The Bertz CT molecular complexity index is 1070. The molecule has 1 saturated heterocycles. The van der Waals surface area contributed by atoms with Gasteiger partial charge in [-0.15, -0.1) is 10.2 Å². The number of aromatic nitrogens is 2. The van der Waals surface area contributed by atoms with Gasteiger partial charge in [0.2, 0.25) is 5.91 Å². The van der Waals surface area contributed by atoms with Crippen LogP contribution in [0.3, 0.4) is 0 Å². The van der Waals surface area contributed by atoms with Crippen molar-refractivity contribution in [3.63, 3.8) is 0 Å². The van der Waals surface area contributed by atoms with Gasteiger partial charge in [0.05, 0.1) is 5.75 Å². The van der Waals surface area contributed by atoms with E-state index in [1.165, 1.54) is 23.9 Å². The number of amides is 1. The van der Waals surface area contributed by atoms with Crippen molar-refractivity contribution < 1.29 is 9.18 Å². The molecule has 3 aromatic rings. The lowest BCUT2D eigenvalue weighted by Gasteiger charge is -2.36. The summed E-state index contributed by atoms with van der Waals surface area (Å²) >= 11 is 7.43. The van der Waals surface area contributed by atoms with Crippen LogP contribution in [-0.4, -0.2) is 48.0 Å². The van der Waals surface area contributed by atoms with Gasteiger partial charge in [0, 0.05) is 42.6 Å². The van der Waals surface area contributed by atoms with Crippen molar-refractivity contribution in [3.8, 4) is 0 Å². The van der Waals surface area contributed by atoms with Crippen LogP contribution in [0.1, 0.15) is 5.56 Å². The lowest BCUT2D eigenvalue weighted by molar-refractivity contribution is -0.113. The number of halogens is 2. The molecule has 1 aromatic heterocycles. The van der Waals surface area contributed by atoms with Crippen LogP contribution in [0.25, 0.3) is 0 Å². The minimum absolute atomic E-state index is 0.122. The second-order valence-electron chi connectivity index (χ2n) is 7.43. The summed E-state index contributed by atoms with van der Waals surface area (Å²) in [4.78, 5) is 16.7. The summed E-state index contributed by atoms with van der Waals surface area (Å²) in [5.74, 6) is 0.698. The molecule has 2 heterocycles. The molecule has 6 nitrogen and oxygen atoms in total. The van der Waals surface area contributed by atoms with E-state index in [0.29, 0.717) is 15.7 Å². The van der Waals surface area contributed by atoms with E-state index in [0.717, 1.165) is 43.2 Å². The minimum Gasteiger partial charge on any atom is -0.368 e. The first-order chi connectivity index (χ1) is 15.5. The summed E-state index contributed by atoms with van der Waals surface area (Å²) in [5, 5.41) is 12.8. The van der Waals surface area contributed by atoms with Gasteiger partial charge in [-0.25, -0.2) is 4.39 Å². The number of piperazine rings is 1. The van der Waals surface area contributed by atoms with Gasteiger partial charge in [-0.1, -0.05) is 29.4 Å². The molecule has 1 N–H and O–H groups in total. The van der Waals surface area contributed by atoms with E-state index in [-0.39, 0.29) is 17.5 Å². The molecule has 0 saturated carbocycles. The predicted octanol–water partition coefficient (Wildman–Crippen LogP) is 4.63. The average Bonchev–Trinajstić information content (AvgIpc) is 2.82. The van der Waals surface area contributed by atoms with Crippen LogP contribution in [-0.2, 0) is 4.79 Å². The average molecular weight is 472 g/mol. The van der Waals surface area contributed by atoms with Crippen LogP contribution < -0.4 is 15.1 Å². The fourth-order valence-electron chi connectivity index (χ4n) is 3.47. The molecule has 0 atom stereocenters. The molecule has 0 aliphatic carbocycles. The molecule has 32 heavy (non-hydrogen) atoms. The first-order valence-corrected chi connectivity index (χ1v) is 11.6. The Kier molecular flexibility index (Phi) is 7.12. The van der Waals surface area contributed by atoms with E-state index in [2.05, 4.69) is 25.3 Å². The molecule has 0 unspecified atom stereocenters. The summed E-state index contributed by atoms with van der Waals surface area (Å²) in [6.07, 6.45) is 0. The Morgan fingerprint density at radius 1 is 1.03 bits per heavy atom. The van der Waals surface area contributed by atoms with E-state index < -0.39 is 0 Å². The van der Waals surface area contributed by atoms with Gasteiger partial charge in [-0.3, -0.25) is 4.79 Å². The molecule has 1 fully saturated rings. The van der Waals surface area contributed by atoms with Gasteiger partial charge in [0.1, 0.15) is 10.8 Å². The van der Waals surface area contributed by atoms with Crippen LogP contribution in [0.15, 0.2) is 59.6 Å². The summed E-state index contributed by atoms with van der Waals surface area (Å²) in [6.45, 7) is 5.13. The molecule has 166 valence electrons.